The van der Waals surface area contributed by atoms with Gasteiger partial charge in [0.15, 0.2) is 0 Å². The quantitative estimate of drug-likeness (QED) is 0.378. The first kappa shape index (κ1) is 24.6. The third-order valence-corrected chi connectivity index (χ3v) is 5.85. The van der Waals surface area contributed by atoms with Gasteiger partial charge in [0.05, 0.1) is 5.03 Å². The minimum absolute atomic E-state index is 0.0566. The average Bonchev–Trinajstić information content (AvgIpc) is 2.74. The molecular weight excluding hydrogens is 430 g/mol. The molecule has 0 bridgehead atoms. The van der Waals surface area contributed by atoms with Gasteiger partial charge in [-0.1, -0.05) is 71.9 Å². The number of hydrogen-bond acceptors (Lipinski definition) is 4. The molecule has 0 spiro atoms. The van der Waals surface area contributed by atoms with Gasteiger partial charge in [0, 0.05) is 11.3 Å². The molecule has 2 N–H and O–H groups in total. The predicted octanol–water partition coefficient (Wildman–Crippen LogP) is 7.83. The van der Waals surface area contributed by atoms with Crippen molar-refractivity contribution in [2.75, 3.05) is 16.9 Å². The normalized spacial score (nSPS) is 11.7. The second-order valence-electron chi connectivity index (χ2n) is 9.96. The Morgan fingerprint density at radius 2 is 1.52 bits per heavy atom. The number of ether oxygens (including phenoxy) is 1. The lowest BCUT2D eigenvalue weighted by Crippen LogP contribution is -2.20. The molecule has 3 rings (SSSR count). The fourth-order valence-electron chi connectivity index (χ4n) is 3.33. The Morgan fingerprint density at radius 3 is 2.12 bits per heavy atom. The number of hydrogen-bond donors (Lipinski definition) is 2. The molecule has 6 heteroatoms. The van der Waals surface area contributed by atoms with E-state index < -0.39 is 0 Å². The van der Waals surface area contributed by atoms with E-state index in [2.05, 4.69) is 63.2 Å². The number of nitrogens with one attached hydrogen (secondary N) is 2. The van der Waals surface area contributed by atoms with Crippen molar-refractivity contribution in [1.82, 2.24) is 4.98 Å². The fourth-order valence-corrected chi connectivity index (χ4v) is 3.71. The van der Waals surface area contributed by atoms with Crippen LogP contribution in [0.3, 0.4) is 0 Å². The number of anilines is 2. The number of thioether (sulfide) groups is 1. The molecule has 3 aromatic rings. The van der Waals surface area contributed by atoms with E-state index in [1.165, 1.54) is 17.3 Å². The highest BCUT2D eigenvalue weighted by Gasteiger charge is 2.21. The van der Waals surface area contributed by atoms with Crippen LogP contribution in [0.2, 0.25) is 0 Å². The molecule has 1 aromatic heterocycles. The van der Waals surface area contributed by atoms with Crippen molar-refractivity contribution in [3.63, 3.8) is 0 Å². The van der Waals surface area contributed by atoms with Crippen LogP contribution in [-0.4, -0.2) is 17.3 Å². The monoisotopic (exact) mass is 463 g/mol. The number of nitrogens with zero attached hydrogens (tertiary/aromatic N) is 1. The molecule has 2 aromatic carbocycles. The number of para-hydroxylation sites is 1. The highest BCUT2D eigenvalue weighted by atomic mass is 32.2. The number of carbonyl (C=O) groups is 1. The van der Waals surface area contributed by atoms with Gasteiger partial charge in [0.2, 0.25) is 5.88 Å². The first-order valence-electron chi connectivity index (χ1n) is 11.0. The van der Waals surface area contributed by atoms with Crippen LogP contribution in [0, 0.1) is 0 Å². The third-order valence-electron chi connectivity index (χ3n) is 5.20. The van der Waals surface area contributed by atoms with Crippen molar-refractivity contribution in [3.05, 3.63) is 71.8 Å². The zero-order chi connectivity index (χ0) is 24.2. The maximum atomic E-state index is 12.7. The lowest BCUT2D eigenvalue weighted by Gasteiger charge is -2.23. The van der Waals surface area contributed by atoms with E-state index in [1.807, 2.05) is 60.9 Å². The van der Waals surface area contributed by atoms with Crippen LogP contribution in [0.1, 0.15) is 52.7 Å². The summed E-state index contributed by atoms with van der Waals surface area (Å²) in [6.45, 7) is 12.9. The standard InChI is InChI=1S/C27H33N3O2S/c1-26(2,3)18-12-14-19(15-13-18)28-25(31)29-21-16-17-23(33-7)30-24(21)32-22-11-9-8-10-20(22)27(4,5)6/h8-17H,1-7H3,(H2,28,29,31). The van der Waals surface area contributed by atoms with E-state index in [0.717, 1.165) is 22.0 Å². The zero-order valence-electron chi connectivity index (χ0n) is 20.4. The number of urea groups is 1. The molecule has 0 aliphatic carbocycles. The van der Waals surface area contributed by atoms with Crippen LogP contribution in [0.25, 0.3) is 0 Å². The van der Waals surface area contributed by atoms with Crippen LogP contribution in [0.15, 0.2) is 65.7 Å². The van der Waals surface area contributed by atoms with E-state index in [0.29, 0.717) is 11.6 Å². The second kappa shape index (κ2) is 9.87. The first-order valence-corrected chi connectivity index (χ1v) is 12.2. The summed E-state index contributed by atoms with van der Waals surface area (Å²) in [6.07, 6.45) is 1.95. The minimum Gasteiger partial charge on any atom is -0.437 e. The van der Waals surface area contributed by atoms with Gasteiger partial charge in [-0.3, -0.25) is 0 Å². The highest BCUT2D eigenvalue weighted by Crippen LogP contribution is 2.36. The Balaban J connectivity index is 1.82. The summed E-state index contributed by atoms with van der Waals surface area (Å²) in [7, 11) is 0. The van der Waals surface area contributed by atoms with E-state index in [4.69, 9.17) is 4.74 Å². The number of rotatable bonds is 5. The van der Waals surface area contributed by atoms with Crippen molar-refractivity contribution in [3.8, 4) is 11.6 Å². The number of amides is 2. The van der Waals surface area contributed by atoms with Gasteiger partial charge in [0.1, 0.15) is 11.4 Å². The van der Waals surface area contributed by atoms with Gasteiger partial charge in [-0.25, -0.2) is 9.78 Å². The Hall–Kier alpha value is -2.99. The van der Waals surface area contributed by atoms with Gasteiger partial charge in [-0.05, 0) is 53.0 Å². The van der Waals surface area contributed by atoms with E-state index in [1.54, 1.807) is 0 Å². The number of benzene rings is 2. The molecule has 0 unspecified atom stereocenters. The fraction of sp³-hybridized carbons (Fsp3) is 0.333. The van der Waals surface area contributed by atoms with E-state index >= 15 is 0 Å². The molecule has 174 valence electrons. The van der Waals surface area contributed by atoms with Gasteiger partial charge in [-0.15, -0.1) is 11.8 Å². The summed E-state index contributed by atoms with van der Waals surface area (Å²) in [5.41, 5.74) is 3.45. The second-order valence-corrected chi connectivity index (χ2v) is 10.8. The number of pyridine rings is 1. The summed E-state index contributed by atoms with van der Waals surface area (Å²) in [5, 5.41) is 6.58. The van der Waals surface area contributed by atoms with Crippen LogP contribution in [0.5, 0.6) is 11.6 Å². The molecular formula is C27H33N3O2S. The van der Waals surface area contributed by atoms with Gasteiger partial charge >= 0.3 is 6.03 Å². The molecule has 0 fully saturated rings. The lowest BCUT2D eigenvalue weighted by atomic mass is 9.86. The largest absolute Gasteiger partial charge is 0.437 e. The minimum atomic E-state index is -0.355. The van der Waals surface area contributed by atoms with Crippen LogP contribution in [0.4, 0.5) is 16.2 Å². The Labute approximate surface area is 201 Å². The van der Waals surface area contributed by atoms with Crippen molar-refractivity contribution in [2.24, 2.45) is 0 Å². The molecule has 1 heterocycles. The molecule has 0 saturated heterocycles. The van der Waals surface area contributed by atoms with Gasteiger partial charge < -0.3 is 15.4 Å². The van der Waals surface area contributed by atoms with Crippen molar-refractivity contribution in [2.45, 2.75) is 57.4 Å². The molecule has 0 atom stereocenters. The van der Waals surface area contributed by atoms with Crippen LogP contribution >= 0.6 is 11.8 Å². The number of carbonyl (C=O) groups excluding carboxylic acids is 1. The van der Waals surface area contributed by atoms with Gasteiger partial charge in [-0.2, -0.15) is 0 Å². The highest BCUT2D eigenvalue weighted by molar-refractivity contribution is 7.98. The summed E-state index contributed by atoms with van der Waals surface area (Å²) < 4.78 is 6.25. The van der Waals surface area contributed by atoms with Crippen LogP contribution in [-0.2, 0) is 10.8 Å². The first-order chi connectivity index (χ1) is 15.5. The summed E-state index contributed by atoms with van der Waals surface area (Å²) in [6, 6.07) is 19.1. The van der Waals surface area contributed by atoms with Crippen molar-refractivity contribution < 1.29 is 9.53 Å². The summed E-state index contributed by atoms with van der Waals surface area (Å²) >= 11 is 1.52. The summed E-state index contributed by atoms with van der Waals surface area (Å²) in [5.74, 6) is 1.08. The molecule has 2 amide bonds. The molecule has 33 heavy (non-hydrogen) atoms. The predicted molar refractivity (Wildman–Crippen MR) is 139 cm³/mol. The Bertz CT molecular complexity index is 1110. The van der Waals surface area contributed by atoms with Gasteiger partial charge in [0.25, 0.3) is 0 Å². The molecule has 0 radical (unpaired) electrons. The Kier molecular flexibility index (Phi) is 7.38. The number of aromatic nitrogens is 1. The van der Waals surface area contributed by atoms with E-state index in [9.17, 15) is 4.79 Å². The van der Waals surface area contributed by atoms with Crippen molar-refractivity contribution >= 4 is 29.2 Å². The SMILES string of the molecule is CSc1ccc(NC(=O)Nc2ccc(C(C)(C)C)cc2)c(Oc2ccccc2C(C)(C)C)n1. The zero-order valence-corrected chi connectivity index (χ0v) is 21.3. The smallest absolute Gasteiger partial charge is 0.323 e. The molecule has 0 aliphatic rings. The maximum absolute atomic E-state index is 12.7. The maximum Gasteiger partial charge on any atom is 0.323 e. The third kappa shape index (κ3) is 6.51. The van der Waals surface area contributed by atoms with Crippen molar-refractivity contribution in [1.29, 1.82) is 0 Å². The Morgan fingerprint density at radius 1 is 0.848 bits per heavy atom. The van der Waals surface area contributed by atoms with E-state index in [-0.39, 0.29) is 16.9 Å². The molecule has 5 nitrogen and oxygen atoms in total. The average molecular weight is 464 g/mol. The summed E-state index contributed by atoms with van der Waals surface area (Å²) in [4.78, 5) is 17.3. The molecule has 0 saturated carbocycles. The molecule has 0 aliphatic heterocycles. The van der Waals surface area contributed by atoms with Crippen LogP contribution < -0.4 is 15.4 Å². The topological polar surface area (TPSA) is 63.2 Å². The lowest BCUT2D eigenvalue weighted by molar-refractivity contribution is 0.262.